The van der Waals surface area contributed by atoms with Crippen LogP contribution in [0, 0.1) is 6.92 Å². The third-order valence-corrected chi connectivity index (χ3v) is 2.33. The molecule has 0 atom stereocenters. The molecule has 0 aromatic carbocycles. The van der Waals surface area contributed by atoms with Crippen molar-refractivity contribution in [1.29, 1.82) is 0 Å². The first kappa shape index (κ1) is 7.82. The minimum Gasteiger partial charge on any atom is -0.285 e. The third kappa shape index (κ3) is 1.41. The van der Waals surface area contributed by atoms with Crippen LogP contribution in [0.1, 0.15) is 5.69 Å². The molecule has 0 radical (unpaired) electrons. The van der Waals surface area contributed by atoms with Gasteiger partial charge in [0.1, 0.15) is 4.47 Å². The molecule has 0 aliphatic heterocycles. The molecule has 0 fully saturated rings. The Morgan fingerprint density at radius 3 is 2.80 bits per heavy atom. The van der Waals surface area contributed by atoms with E-state index in [2.05, 4.69) is 15.9 Å². The van der Waals surface area contributed by atoms with Crippen LogP contribution >= 0.6 is 27.5 Å². The summed E-state index contributed by atoms with van der Waals surface area (Å²) in [6.07, 6.45) is 1.50. The summed E-state index contributed by atoms with van der Waals surface area (Å²) >= 11 is 8.88. The van der Waals surface area contributed by atoms with Crippen molar-refractivity contribution < 1.29 is 9.94 Å². The number of hydrogen-bond acceptors (Lipinski definition) is 1. The fraction of sp³-hybridized carbons (Fsp3) is 0.167. The highest BCUT2D eigenvalue weighted by atomic mass is 79.9. The van der Waals surface area contributed by atoms with E-state index in [4.69, 9.17) is 16.8 Å². The molecule has 2 nitrogen and oxygen atoms in total. The zero-order valence-corrected chi connectivity index (χ0v) is 7.65. The molecule has 10 heavy (non-hydrogen) atoms. The zero-order valence-electron chi connectivity index (χ0n) is 5.31. The lowest BCUT2D eigenvalue weighted by atomic mass is 10.4. The minimum atomic E-state index is 0.600. The van der Waals surface area contributed by atoms with E-state index in [-0.39, 0.29) is 0 Å². The molecular weight excluding hydrogens is 217 g/mol. The van der Waals surface area contributed by atoms with Gasteiger partial charge in [-0.15, -0.1) is 0 Å². The van der Waals surface area contributed by atoms with E-state index in [1.165, 1.54) is 6.20 Å². The molecule has 0 saturated carbocycles. The molecule has 1 heterocycles. The minimum absolute atomic E-state index is 0.600. The number of aromatic nitrogens is 1. The molecule has 1 aromatic rings. The van der Waals surface area contributed by atoms with Gasteiger partial charge >= 0.3 is 0 Å². The second-order valence-corrected chi connectivity index (χ2v) is 3.22. The summed E-state index contributed by atoms with van der Waals surface area (Å²) in [4.78, 5) is 0. The topological polar surface area (TPSA) is 24.1 Å². The van der Waals surface area contributed by atoms with E-state index in [0.717, 1.165) is 4.73 Å². The normalized spacial score (nSPS) is 9.90. The van der Waals surface area contributed by atoms with Crippen molar-refractivity contribution in [2.24, 2.45) is 0 Å². The number of rotatable bonds is 0. The van der Waals surface area contributed by atoms with Gasteiger partial charge < -0.3 is 0 Å². The number of nitrogens with zero attached hydrogens (tertiary/aromatic N) is 1. The number of aryl methyl sites for hydroxylation is 1. The summed E-state index contributed by atoms with van der Waals surface area (Å²) in [6.45, 7) is 1.76. The van der Waals surface area contributed by atoms with Gasteiger partial charge in [-0.2, -0.15) is 0 Å². The lowest BCUT2D eigenvalue weighted by molar-refractivity contribution is -0.909. The van der Waals surface area contributed by atoms with Gasteiger partial charge in [0.05, 0.1) is 5.02 Å². The van der Waals surface area contributed by atoms with Crippen LogP contribution in [0.25, 0.3) is 0 Å². The van der Waals surface area contributed by atoms with Gasteiger partial charge in [0, 0.05) is 17.7 Å². The average Bonchev–Trinajstić information content (AvgIpc) is 1.84. The van der Waals surface area contributed by atoms with Crippen LogP contribution in [-0.2, 0) is 0 Å². The van der Waals surface area contributed by atoms with E-state index in [9.17, 15) is 0 Å². The molecule has 4 heteroatoms. The Kier molecular flexibility index (Phi) is 2.16. The molecule has 0 aliphatic carbocycles. The maximum Gasteiger partial charge on any atom is 0.238 e. The first-order valence-electron chi connectivity index (χ1n) is 2.68. The molecule has 0 saturated heterocycles. The molecule has 0 spiro atoms. The Hall–Kier alpha value is -0.280. The highest BCUT2D eigenvalue weighted by Crippen LogP contribution is 2.19. The first-order valence-corrected chi connectivity index (χ1v) is 3.85. The summed E-state index contributed by atoms with van der Waals surface area (Å²) < 4.78 is 1.69. The SMILES string of the molecule is Cc1cc(Cl)c(Br)c[n+]1O. The second kappa shape index (κ2) is 2.76. The standard InChI is InChI=1S/C6H6BrClNO/c1-4-2-6(8)5(7)3-9(4)10/h2-3,10H,1H3/q+1. The van der Waals surface area contributed by atoms with Crippen molar-refractivity contribution in [2.45, 2.75) is 6.92 Å². The van der Waals surface area contributed by atoms with E-state index in [1.807, 2.05) is 0 Å². The maximum atomic E-state index is 9.05. The Labute approximate surface area is 72.1 Å². The summed E-state index contributed by atoms with van der Waals surface area (Å²) in [5, 5.41) is 9.65. The van der Waals surface area contributed by atoms with Crippen molar-refractivity contribution in [1.82, 2.24) is 0 Å². The molecule has 1 N–H and O–H groups in total. The van der Waals surface area contributed by atoms with E-state index >= 15 is 0 Å². The van der Waals surface area contributed by atoms with Crippen LogP contribution < -0.4 is 4.73 Å². The van der Waals surface area contributed by atoms with Crippen molar-refractivity contribution >= 4 is 27.5 Å². The van der Waals surface area contributed by atoms with Gasteiger partial charge in [0.2, 0.25) is 11.9 Å². The largest absolute Gasteiger partial charge is 0.285 e. The van der Waals surface area contributed by atoms with Gasteiger partial charge in [-0.25, -0.2) is 0 Å². The summed E-state index contributed by atoms with van der Waals surface area (Å²) in [5.74, 6) is 0. The summed E-state index contributed by atoms with van der Waals surface area (Å²) in [7, 11) is 0. The van der Waals surface area contributed by atoms with Crippen molar-refractivity contribution in [3.8, 4) is 0 Å². The van der Waals surface area contributed by atoms with Gasteiger partial charge in [0.15, 0.2) is 0 Å². The number of hydrogen-bond donors (Lipinski definition) is 1. The fourth-order valence-electron chi connectivity index (χ4n) is 0.589. The first-order chi connectivity index (χ1) is 4.61. The second-order valence-electron chi connectivity index (χ2n) is 1.96. The molecule has 0 bridgehead atoms. The van der Waals surface area contributed by atoms with Gasteiger partial charge in [-0.05, 0) is 15.9 Å². The van der Waals surface area contributed by atoms with Crippen LogP contribution in [0.15, 0.2) is 16.7 Å². The molecule has 0 unspecified atom stereocenters. The van der Waals surface area contributed by atoms with Crippen molar-refractivity contribution in [3.05, 3.63) is 27.5 Å². The predicted molar refractivity (Wildman–Crippen MR) is 41.3 cm³/mol. The Morgan fingerprint density at radius 1 is 1.70 bits per heavy atom. The van der Waals surface area contributed by atoms with Crippen molar-refractivity contribution in [3.63, 3.8) is 0 Å². The Bertz CT molecular complexity index is 214. The average molecular weight is 223 g/mol. The molecular formula is C6H6BrClNO+. The highest BCUT2D eigenvalue weighted by Gasteiger charge is 2.08. The van der Waals surface area contributed by atoms with Crippen LogP contribution in [0.4, 0.5) is 0 Å². The van der Waals surface area contributed by atoms with Gasteiger partial charge in [0.25, 0.3) is 0 Å². The summed E-state index contributed by atoms with van der Waals surface area (Å²) in [6, 6.07) is 1.67. The van der Waals surface area contributed by atoms with E-state index < -0.39 is 0 Å². The zero-order chi connectivity index (χ0) is 7.72. The van der Waals surface area contributed by atoms with Crippen molar-refractivity contribution in [2.75, 3.05) is 0 Å². The van der Waals surface area contributed by atoms with Gasteiger partial charge in [-0.1, -0.05) is 11.6 Å². The molecule has 1 aromatic heterocycles. The smallest absolute Gasteiger partial charge is 0.238 e. The van der Waals surface area contributed by atoms with E-state index in [0.29, 0.717) is 15.2 Å². The molecule has 0 amide bonds. The van der Waals surface area contributed by atoms with Crippen LogP contribution in [0.3, 0.4) is 0 Å². The molecule has 1 rings (SSSR count). The number of halogens is 2. The fourth-order valence-corrected chi connectivity index (χ4v) is 1.10. The lowest BCUT2D eigenvalue weighted by Gasteiger charge is -1.92. The monoisotopic (exact) mass is 222 g/mol. The Balaban J connectivity index is 3.28. The predicted octanol–water partition coefficient (Wildman–Crippen LogP) is 1.94. The summed E-state index contributed by atoms with van der Waals surface area (Å²) in [5.41, 5.74) is 0.702. The van der Waals surface area contributed by atoms with E-state index in [1.54, 1.807) is 13.0 Å². The highest BCUT2D eigenvalue weighted by molar-refractivity contribution is 9.10. The van der Waals surface area contributed by atoms with Crippen LogP contribution in [0.2, 0.25) is 5.02 Å². The lowest BCUT2D eigenvalue weighted by Crippen LogP contribution is -2.32. The third-order valence-electron chi connectivity index (χ3n) is 1.16. The van der Waals surface area contributed by atoms with Crippen LogP contribution in [-0.4, -0.2) is 5.21 Å². The molecule has 54 valence electrons. The number of pyridine rings is 1. The maximum absolute atomic E-state index is 9.05. The Morgan fingerprint density at radius 2 is 2.30 bits per heavy atom. The van der Waals surface area contributed by atoms with Crippen LogP contribution in [0.5, 0.6) is 0 Å². The van der Waals surface area contributed by atoms with Gasteiger partial charge in [-0.3, -0.25) is 5.21 Å². The quantitative estimate of drug-likeness (QED) is 0.527. The molecule has 0 aliphatic rings.